The number of hydrogen-bond acceptors (Lipinski definition) is 2. The largest absolute Gasteiger partial charge is 0.477 e. The zero-order valence-corrected chi connectivity index (χ0v) is 5.99. The third-order valence-electron chi connectivity index (χ3n) is 0.536. The van der Waals surface area contributed by atoms with Gasteiger partial charge in [-0.2, -0.15) is 0 Å². The number of rotatable bonds is 3. The monoisotopic (exact) mass is 144 g/mol. The topological polar surface area (TPSA) is 37.3 Å². The van der Waals surface area contributed by atoms with Gasteiger partial charge in [-0.25, -0.2) is 4.79 Å². The molecule has 0 aromatic heterocycles. The van der Waals surface area contributed by atoms with Gasteiger partial charge >= 0.3 is 5.97 Å². The zero-order valence-electron chi connectivity index (χ0n) is 5.18. The van der Waals surface area contributed by atoms with Crippen molar-refractivity contribution in [3.63, 3.8) is 0 Å². The van der Waals surface area contributed by atoms with Gasteiger partial charge in [-0.15, -0.1) is 0 Å². The molecule has 0 aliphatic heterocycles. The van der Waals surface area contributed by atoms with Gasteiger partial charge in [0.05, 0.1) is 4.91 Å². The molecule has 0 fully saturated rings. The maximum atomic E-state index is 10.1. The van der Waals surface area contributed by atoms with Gasteiger partial charge in [-0.1, -0.05) is 24.9 Å². The fraction of sp³-hybridized carbons (Fsp3) is 0.167. The molecule has 0 saturated heterocycles. The quantitative estimate of drug-likeness (QED) is 0.614. The van der Waals surface area contributed by atoms with Crippen molar-refractivity contribution in [2.24, 2.45) is 0 Å². The van der Waals surface area contributed by atoms with Gasteiger partial charge in [0.2, 0.25) is 0 Å². The van der Waals surface area contributed by atoms with Crippen molar-refractivity contribution in [1.82, 2.24) is 0 Å². The van der Waals surface area contributed by atoms with E-state index in [1.807, 2.05) is 0 Å². The minimum atomic E-state index is -0.983. The Morgan fingerprint density at radius 1 is 1.56 bits per heavy atom. The van der Waals surface area contributed by atoms with E-state index in [1.54, 1.807) is 6.92 Å². The van der Waals surface area contributed by atoms with Crippen LogP contribution in [0.3, 0.4) is 0 Å². The molecule has 0 radical (unpaired) electrons. The average Bonchev–Trinajstić information content (AvgIpc) is 1.63. The molecular weight excluding hydrogens is 136 g/mol. The lowest BCUT2D eigenvalue weighted by Gasteiger charge is -1.95. The molecule has 0 aliphatic carbocycles. The first-order valence-corrected chi connectivity index (χ1v) is 3.11. The second-order valence-electron chi connectivity index (χ2n) is 1.53. The predicted molar refractivity (Wildman–Crippen MR) is 39.2 cm³/mol. The van der Waals surface area contributed by atoms with Crippen LogP contribution < -0.4 is 0 Å². The summed E-state index contributed by atoms with van der Waals surface area (Å²) in [4.78, 5) is 10.9. The predicted octanol–water partition coefficient (Wildman–Crippen LogP) is 1.85. The smallest absolute Gasteiger partial charge is 0.341 e. The average molecular weight is 144 g/mol. The fourth-order valence-corrected chi connectivity index (χ4v) is 0.762. The van der Waals surface area contributed by atoms with Gasteiger partial charge in [0.25, 0.3) is 0 Å². The Morgan fingerprint density at radius 2 is 2.00 bits per heavy atom. The van der Waals surface area contributed by atoms with Crippen LogP contribution in [-0.4, -0.2) is 11.1 Å². The summed E-state index contributed by atoms with van der Waals surface area (Å²) in [6, 6.07) is 0. The molecule has 0 rings (SSSR count). The van der Waals surface area contributed by atoms with Gasteiger partial charge in [-0.3, -0.25) is 0 Å². The SMILES string of the molecule is C=C(C)SC(=C)C(=O)O. The number of hydrogen-bond donors (Lipinski definition) is 1. The first kappa shape index (κ1) is 8.30. The summed E-state index contributed by atoms with van der Waals surface area (Å²) in [5.41, 5.74) is 0. The number of aliphatic carboxylic acids is 1. The summed E-state index contributed by atoms with van der Waals surface area (Å²) in [7, 11) is 0. The number of carboxylic acids is 1. The molecule has 9 heavy (non-hydrogen) atoms. The van der Waals surface area contributed by atoms with Gasteiger partial charge in [-0.05, 0) is 11.8 Å². The summed E-state index contributed by atoms with van der Waals surface area (Å²) in [5.74, 6) is -0.983. The van der Waals surface area contributed by atoms with Crippen LogP contribution in [0.5, 0.6) is 0 Å². The number of carboxylic acid groups (broad SMARTS) is 1. The first-order chi connectivity index (χ1) is 4.04. The van der Waals surface area contributed by atoms with E-state index in [-0.39, 0.29) is 4.91 Å². The fourth-order valence-electron chi connectivity index (χ4n) is 0.254. The summed E-state index contributed by atoms with van der Waals surface area (Å²) < 4.78 is 0. The lowest BCUT2D eigenvalue weighted by atomic mass is 10.7. The normalized spacial score (nSPS) is 8.56. The highest BCUT2D eigenvalue weighted by atomic mass is 32.2. The van der Waals surface area contributed by atoms with Crippen molar-refractivity contribution in [2.45, 2.75) is 6.92 Å². The number of thioether (sulfide) groups is 1. The third-order valence-corrected chi connectivity index (χ3v) is 1.31. The molecule has 0 aromatic rings. The molecule has 2 nitrogen and oxygen atoms in total. The van der Waals surface area contributed by atoms with Crippen LogP contribution in [0.4, 0.5) is 0 Å². The minimum Gasteiger partial charge on any atom is -0.477 e. The Balaban J connectivity index is 3.79. The summed E-state index contributed by atoms with van der Waals surface area (Å²) in [6.07, 6.45) is 0. The van der Waals surface area contributed by atoms with E-state index in [1.165, 1.54) is 0 Å². The van der Waals surface area contributed by atoms with Gasteiger partial charge in [0.15, 0.2) is 0 Å². The number of carbonyl (C=O) groups is 1. The molecule has 0 heterocycles. The minimum absolute atomic E-state index is 0.113. The van der Waals surface area contributed by atoms with Crippen LogP contribution in [0, 0.1) is 0 Å². The molecule has 0 spiro atoms. The van der Waals surface area contributed by atoms with Crippen LogP contribution >= 0.6 is 11.8 Å². The Morgan fingerprint density at radius 3 is 2.11 bits per heavy atom. The van der Waals surface area contributed by atoms with E-state index in [2.05, 4.69) is 13.2 Å². The van der Waals surface area contributed by atoms with Crippen molar-refractivity contribution in [2.75, 3.05) is 0 Å². The maximum absolute atomic E-state index is 10.1. The van der Waals surface area contributed by atoms with Crippen molar-refractivity contribution >= 4 is 17.7 Å². The molecule has 0 amide bonds. The van der Waals surface area contributed by atoms with Crippen LogP contribution in [0.25, 0.3) is 0 Å². The second kappa shape index (κ2) is 3.35. The number of allylic oxidation sites excluding steroid dienone is 1. The van der Waals surface area contributed by atoms with Crippen molar-refractivity contribution in [3.05, 3.63) is 23.0 Å². The molecule has 0 aromatic carbocycles. The van der Waals surface area contributed by atoms with Gasteiger partial charge in [0.1, 0.15) is 0 Å². The Hall–Kier alpha value is -0.700. The molecule has 50 valence electrons. The van der Waals surface area contributed by atoms with Crippen LogP contribution in [0.1, 0.15) is 6.92 Å². The summed E-state index contributed by atoms with van der Waals surface area (Å²) in [5, 5.41) is 8.27. The molecule has 0 bridgehead atoms. The Labute approximate surface area is 58.3 Å². The van der Waals surface area contributed by atoms with E-state index < -0.39 is 5.97 Å². The molecule has 0 aliphatic rings. The van der Waals surface area contributed by atoms with Crippen LogP contribution in [0.15, 0.2) is 23.0 Å². The lowest BCUT2D eigenvalue weighted by molar-refractivity contribution is -0.131. The van der Waals surface area contributed by atoms with E-state index >= 15 is 0 Å². The summed E-state index contributed by atoms with van der Waals surface area (Å²) >= 11 is 1.07. The third kappa shape index (κ3) is 3.85. The van der Waals surface area contributed by atoms with Gasteiger partial charge in [0, 0.05) is 0 Å². The van der Waals surface area contributed by atoms with E-state index in [9.17, 15) is 4.79 Å². The van der Waals surface area contributed by atoms with E-state index in [0.29, 0.717) is 0 Å². The molecule has 0 atom stereocenters. The first-order valence-electron chi connectivity index (χ1n) is 2.29. The maximum Gasteiger partial charge on any atom is 0.341 e. The molecule has 1 N–H and O–H groups in total. The summed E-state index contributed by atoms with van der Waals surface area (Å²) in [6.45, 7) is 8.55. The molecule has 3 heteroatoms. The molecule has 0 saturated carbocycles. The van der Waals surface area contributed by atoms with Crippen molar-refractivity contribution in [3.8, 4) is 0 Å². The van der Waals surface area contributed by atoms with Gasteiger partial charge < -0.3 is 5.11 Å². The highest BCUT2D eigenvalue weighted by Crippen LogP contribution is 2.20. The van der Waals surface area contributed by atoms with Crippen molar-refractivity contribution < 1.29 is 9.90 Å². The van der Waals surface area contributed by atoms with Crippen LogP contribution in [0.2, 0.25) is 0 Å². The highest BCUT2D eigenvalue weighted by Gasteiger charge is 2.02. The second-order valence-corrected chi connectivity index (χ2v) is 2.93. The highest BCUT2D eigenvalue weighted by molar-refractivity contribution is 8.07. The molecule has 0 unspecified atom stereocenters. The lowest BCUT2D eigenvalue weighted by Crippen LogP contribution is -1.93. The Bertz CT molecular complexity index is 160. The standard InChI is InChI=1S/C6H8O2S/c1-4(2)9-5(3)6(7)8/h1,3H2,2H3,(H,7,8). The molecular formula is C6H8O2S. The zero-order chi connectivity index (χ0) is 7.44. The van der Waals surface area contributed by atoms with Crippen LogP contribution in [-0.2, 0) is 4.79 Å². The Kier molecular flexibility index (Phi) is 3.09. The van der Waals surface area contributed by atoms with E-state index in [0.717, 1.165) is 16.7 Å². The van der Waals surface area contributed by atoms with E-state index in [4.69, 9.17) is 5.11 Å². The van der Waals surface area contributed by atoms with Crippen molar-refractivity contribution in [1.29, 1.82) is 0 Å².